The van der Waals surface area contributed by atoms with Crippen molar-refractivity contribution >= 4 is 11.8 Å². The van der Waals surface area contributed by atoms with Crippen molar-refractivity contribution in [1.82, 2.24) is 0 Å². The molecule has 0 amide bonds. The van der Waals surface area contributed by atoms with Gasteiger partial charge in [0.2, 0.25) is 0 Å². The summed E-state index contributed by atoms with van der Waals surface area (Å²) in [7, 11) is 0. The molecule has 0 unspecified atom stereocenters. The van der Waals surface area contributed by atoms with E-state index in [2.05, 4.69) is 0 Å². The molecule has 1 aliphatic rings. The van der Waals surface area contributed by atoms with Gasteiger partial charge in [0.1, 0.15) is 5.41 Å². The smallest absolute Gasteiger partial charge is 0.319 e. The first-order valence-corrected chi connectivity index (χ1v) is 6.14. The van der Waals surface area contributed by atoms with Crippen molar-refractivity contribution in [2.75, 3.05) is 19.8 Å². The zero-order valence-corrected chi connectivity index (χ0v) is 11.2. The zero-order chi connectivity index (χ0) is 13.1. The van der Waals surface area contributed by atoms with Gasteiger partial charge in [0.05, 0.1) is 6.61 Å². The standard InChI is InChI=1S/C13H22O4/c1-5-17-11(15)13(6-8-16-9-7-13)10(14)12(2,3)4/h5-9H2,1-4H3. The van der Waals surface area contributed by atoms with Crippen molar-refractivity contribution in [2.24, 2.45) is 10.8 Å². The lowest BCUT2D eigenvalue weighted by Gasteiger charge is -2.37. The van der Waals surface area contributed by atoms with E-state index in [0.29, 0.717) is 32.7 Å². The quantitative estimate of drug-likeness (QED) is 0.561. The Morgan fingerprint density at radius 1 is 1.24 bits per heavy atom. The highest BCUT2D eigenvalue weighted by Gasteiger charge is 2.51. The van der Waals surface area contributed by atoms with Gasteiger partial charge in [-0.3, -0.25) is 9.59 Å². The highest BCUT2D eigenvalue weighted by Crippen LogP contribution is 2.39. The Balaban J connectivity index is 3.01. The fourth-order valence-electron chi connectivity index (χ4n) is 2.23. The predicted molar refractivity (Wildman–Crippen MR) is 63.6 cm³/mol. The number of rotatable bonds is 3. The maximum absolute atomic E-state index is 12.5. The molecule has 17 heavy (non-hydrogen) atoms. The fourth-order valence-corrected chi connectivity index (χ4v) is 2.23. The third-order valence-corrected chi connectivity index (χ3v) is 3.13. The van der Waals surface area contributed by atoms with Crippen LogP contribution in [-0.4, -0.2) is 31.6 Å². The summed E-state index contributed by atoms with van der Waals surface area (Å²) in [6.07, 6.45) is 0.865. The van der Waals surface area contributed by atoms with E-state index < -0.39 is 10.8 Å². The summed E-state index contributed by atoms with van der Waals surface area (Å²) in [4.78, 5) is 24.6. The maximum Gasteiger partial charge on any atom is 0.319 e. The van der Waals surface area contributed by atoms with Crippen LogP contribution in [0.4, 0.5) is 0 Å². The zero-order valence-electron chi connectivity index (χ0n) is 11.2. The number of ketones is 1. The Bertz CT molecular complexity index is 295. The van der Waals surface area contributed by atoms with Gasteiger partial charge in [0.25, 0.3) is 0 Å². The SMILES string of the molecule is CCOC(=O)C1(C(=O)C(C)(C)C)CCOCC1. The summed E-state index contributed by atoms with van der Waals surface area (Å²) in [6.45, 7) is 8.47. The minimum atomic E-state index is -0.994. The summed E-state index contributed by atoms with van der Waals surface area (Å²) < 4.78 is 10.3. The molecule has 0 aromatic rings. The lowest BCUT2D eigenvalue weighted by Crippen LogP contribution is -2.49. The van der Waals surface area contributed by atoms with Gasteiger partial charge in [-0.25, -0.2) is 0 Å². The number of carbonyl (C=O) groups is 2. The van der Waals surface area contributed by atoms with Crippen molar-refractivity contribution in [1.29, 1.82) is 0 Å². The van der Waals surface area contributed by atoms with Crippen LogP contribution in [0.25, 0.3) is 0 Å². The van der Waals surface area contributed by atoms with E-state index >= 15 is 0 Å². The van der Waals surface area contributed by atoms with E-state index in [4.69, 9.17) is 9.47 Å². The molecule has 98 valence electrons. The summed E-state index contributed by atoms with van der Waals surface area (Å²) >= 11 is 0. The molecule has 1 saturated heterocycles. The van der Waals surface area contributed by atoms with Crippen LogP contribution in [0.15, 0.2) is 0 Å². The second-order valence-electron chi connectivity index (χ2n) is 5.49. The normalized spacial score (nSPS) is 19.8. The first-order valence-electron chi connectivity index (χ1n) is 6.14. The van der Waals surface area contributed by atoms with Crippen molar-refractivity contribution in [3.05, 3.63) is 0 Å². The molecule has 0 aromatic heterocycles. The Labute approximate surface area is 103 Å². The third-order valence-electron chi connectivity index (χ3n) is 3.13. The number of hydrogen-bond donors (Lipinski definition) is 0. The van der Waals surface area contributed by atoms with Gasteiger partial charge in [-0.2, -0.15) is 0 Å². The third kappa shape index (κ3) is 2.86. The molecule has 0 atom stereocenters. The van der Waals surface area contributed by atoms with Crippen LogP contribution in [-0.2, 0) is 19.1 Å². The number of hydrogen-bond acceptors (Lipinski definition) is 4. The summed E-state index contributed by atoms with van der Waals surface area (Å²) in [5.74, 6) is -0.421. The lowest BCUT2D eigenvalue weighted by molar-refractivity contribution is -0.169. The van der Waals surface area contributed by atoms with Crippen LogP contribution in [0.3, 0.4) is 0 Å². The number of carbonyl (C=O) groups excluding carboxylic acids is 2. The summed E-state index contributed by atoms with van der Waals surface area (Å²) in [5, 5.41) is 0. The molecule has 0 N–H and O–H groups in total. The molecule has 0 aromatic carbocycles. The van der Waals surface area contributed by atoms with Crippen LogP contribution < -0.4 is 0 Å². The van der Waals surface area contributed by atoms with E-state index in [0.717, 1.165) is 0 Å². The molecule has 1 fully saturated rings. The number of esters is 1. The van der Waals surface area contributed by atoms with Gasteiger partial charge in [-0.15, -0.1) is 0 Å². The molecule has 4 nitrogen and oxygen atoms in total. The van der Waals surface area contributed by atoms with Crippen molar-refractivity contribution in [2.45, 2.75) is 40.5 Å². The summed E-state index contributed by atoms with van der Waals surface area (Å²) in [5.41, 5.74) is -1.53. The van der Waals surface area contributed by atoms with Crippen LogP contribution in [0.5, 0.6) is 0 Å². The monoisotopic (exact) mass is 242 g/mol. The molecule has 1 rings (SSSR count). The average Bonchev–Trinajstić information content (AvgIpc) is 2.28. The van der Waals surface area contributed by atoms with Gasteiger partial charge in [-0.1, -0.05) is 20.8 Å². The van der Waals surface area contributed by atoms with E-state index in [9.17, 15) is 9.59 Å². The van der Waals surface area contributed by atoms with Crippen LogP contribution in [0.2, 0.25) is 0 Å². The van der Waals surface area contributed by atoms with Crippen molar-refractivity contribution in [3.63, 3.8) is 0 Å². The Hall–Kier alpha value is -0.900. The van der Waals surface area contributed by atoms with Gasteiger partial charge < -0.3 is 9.47 Å². The molecule has 0 saturated carbocycles. The molecule has 0 radical (unpaired) electrons. The predicted octanol–water partition coefficient (Wildman–Crippen LogP) is 1.96. The summed E-state index contributed by atoms with van der Waals surface area (Å²) in [6, 6.07) is 0. The lowest BCUT2D eigenvalue weighted by atomic mass is 9.68. The first kappa shape index (κ1) is 14.2. The van der Waals surface area contributed by atoms with Gasteiger partial charge in [0.15, 0.2) is 5.78 Å². The van der Waals surface area contributed by atoms with E-state index in [1.807, 2.05) is 20.8 Å². The molecule has 1 aliphatic heterocycles. The minimum Gasteiger partial charge on any atom is -0.465 e. The van der Waals surface area contributed by atoms with Crippen LogP contribution >= 0.6 is 0 Å². The van der Waals surface area contributed by atoms with Gasteiger partial charge in [-0.05, 0) is 19.8 Å². The molecular weight excluding hydrogens is 220 g/mol. The van der Waals surface area contributed by atoms with E-state index in [-0.39, 0.29) is 11.8 Å². The van der Waals surface area contributed by atoms with Gasteiger partial charge >= 0.3 is 5.97 Å². The largest absolute Gasteiger partial charge is 0.465 e. The molecule has 4 heteroatoms. The second-order valence-corrected chi connectivity index (χ2v) is 5.49. The highest BCUT2D eigenvalue weighted by atomic mass is 16.5. The molecule has 0 spiro atoms. The van der Waals surface area contributed by atoms with Gasteiger partial charge in [0, 0.05) is 18.6 Å². The maximum atomic E-state index is 12.5. The Morgan fingerprint density at radius 2 is 1.76 bits per heavy atom. The molecular formula is C13H22O4. The van der Waals surface area contributed by atoms with Crippen molar-refractivity contribution < 1.29 is 19.1 Å². The minimum absolute atomic E-state index is 0.0354. The van der Waals surface area contributed by atoms with Crippen molar-refractivity contribution in [3.8, 4) is 0 Å². The first-order chi connectivity index (χ1) is 7.84. The van der Waals surface area contributed by atoms with E-state index in [1.54, 1.807) is 6.92 Å². The highest BCUT2D eigenvalue weighted by molar-refractivity contribution is 6.06. The Kier molecular flexibility index (Phi) is 4.31. The fraction of sp³-hybridized carbons (Fsp3) is 0.846. The topological polar surface area (TPSA) is 52.6 Å². The molecule has 1 heterocycles. The van der Waals surface area contributed by atoms with E-state index in [1.165, 1.54) is 0 Å². The van der Waals surface area contributed by atoms with Crippen LogP contribution in [0.1, 0.15) is 40.5 Å². The average molecular weight is 242 g/mol. The van der Waals surface area contributed by atoms with Crippen LogP contribution in [0, 0.1) is 10.8 Å². The molecule has 0 aliphatic carbocycles. The number of ether oxygens (including phenoxy) is 2. The second kappa shape index (κ2) is 5.17. The molecule has 0 bridgehead atoms. The Morgan fingerprint density at radius 3 is 2.18 bits per heavy atom. The number of Topliss-reactive ketones (excluding diaryl/α,β-unsaturated/α-hetero) is 1.